The Kier molecular flexibility index (Phi) is 6.45. The van der Waals surface area contributed by atoms with Gasteiger partial charge in [0.2, 0.25) is 5.82 Å². The van der Waals surface area contributed by atoms with Crippen LogP contribution in [0.3, 0.4) is 0 Å². The first kappa shape index (κ1) is 22.2. The number of esters is 1. The maximum atomic E-state index is 12.0. The molecule has 0 fully saturated rings. The summed E-state index contributed by atoms with van der Waals surface area (Å²) in [5.74, 6) is -0.919. The molecule has 10 nitrogen and oxygen atoms in total. The van der Waals surface area contributed by atoms with E-state index in [1.54, 1.807) is 18.9 Å². The van der Waals surface area contributed by atoms with Gasteiger partial charge >= 0.3 is 11.9 Å². The molecule has 1 aliphatic heterocycles. The molecule has 0 aliphatic carbocycles. The summed E-state index contributed by atoms with van der Waals surface area (Å²) >= 11 is 0. The average molecular weight is 448 g/mol. The minimum Gasteiger partial charge on any atom is -0.478 e. The molecule has 1 aromatic heterocycles. The van der Waals surface area contributed by atoms with E-state index < -0.39 is 18.0 Å². The van der Waals surface area contributed by atoms with Gasteiger partial charge in [-0.15, -0.1) is 10.2 Å². The molecule has 0 saturated heterocycles. The van der Waals surface area contributed by atoms with Gasteiger partial charge in [0.15, 0.2) is 0 Å². The molecule has 10 heteroatoms. The van der Waals surface area contributed by atoms with E-state index in [9.17, 15) is 14.7 Å². The van der Waals surface area contributed by atoms with Crippen molar-refractivity contribution in [3.63, 3.8) is 0 Å². The molecule has 0 saturated carbocycles. The van der Waals surface area contributed by atoms with Gasteiger partial charge in [-0.3, -0.25) is 4.79 Å². The average Bonchev–Trinajstić information content (AvgIpc) is 3.43. The summed E-state index contributed by atoms with van der Waals surface area (Å²) in [6, 6.07) is 15.1. The molecule has 1 atom stereocenters. The topological polar surface area (TPSA) is 133 Å². The van der Waals surface area contributed by atoms with Crippen LogP contribution in [0.1, 0.15) is 19.4 Å². The number of carbonyl (C=O) groups excluding carboxylic acids is 1. The van der Waals surface area contributed by atoms with Crippen molar-refractivity contribution < 1.29 is 19.4 Å². The number of nitrogens with one attached hydrogen (secondary N) is 2. The molecule has 4 rings (SSSR count). The van der Waals surface area contributed by atoms with E-state index in [0.29, 0.717) is 17.9 Å². The monoisotopic (exact) mass is 448 g/mol. The zero-order valence-electron chi connectivity index (χ0n) is 18.3. The molecule has 2 aromatic carbocycles. The van der Waals surface area contributed by atoms with Crippen molar-refractivity contribution in [2.24, 2.45) is 0 Å². The Morgan fingerprint density at radius 2 is 1.85 bits per heavy atom. The Bertz CT molecular complexity index is 1170. The molecule has 0 radical (unpaired) electrons. The number of nitrogens with zero attached hydrogens (tertiary/aromatic N) is 4. The van der Waals surface area contributed by atoms with Crippen molar-refractivity contribution in [2.75, 3.05) is 13.2 Å². The summed E-state index contributed by atoms with van der Waals surface area (Å²) in [5.41, 5.74) is 7.49. The van der Waals surface area contributed by atoms with Crippen LogP contribution in [-0.4, -0.2) is 61.9 Å². The van der Waals surface area contributed by atoms with Crippen molar-refractivity contribution in [3.05, 3.63) is 65.4 Å². The number of carboxylic acids is 1. The Labute approximate surface area is 190 Å². The van der Waals surface area contributed by atoms with Crippen LogP contribution in [-0.2, 0) is 20.7 Å². The molecule has 0 bridgehead atoms. The number of benzene rings is 2. The van der Waals surface area contributed by atoms with Gasteiger partial charge in [0.1, 0.15) is 6.54 Å². The summed E-state index contributed by atoms with van der Waals surface area (Å²) in [7, 11) is 0. The van der Waals surface area contributed by atoms with Crippen molar-refractivity contribution in [1.82, 2.24) is 31.1 Å². The number of hydrogen-bond donors (Lipinski definition) is 3. The van der Waals surface area contributed by atoms with E-state index in [-0.39, 0.29) is 18.7 Å². The van der Waals surface area contributed by atoms with E-state index >= 15 is 0 Å². The van der Waals surface area contributed by atoms with Crippen LogP contribution in [0.25, 0.3) is 22.5 Å². The number of allylic oxidation sites excluding steroid dienone is 1. The number of H-pyrrole nitrogens is 1. The second kappa shape index (κ2) is 9.61. The Morgan fingerprint density at radius 1 is 1.12 bits per heavy atom. The summed E-state index contributed by atoms with van der Waals surface area (Å²) in [6.07, 6.45) is 0.415. The normalized spacial score (nSPS) is 16.0. The lowest BCUT2D eigenvalue weighted by atomic mass is 9.95. The zero-order chi connectivity index (χ0) is 23.4. The maximum Gasteiger partial charge on any atom is 0.335 e. The minimum atomic E-state index is -1.01. The van der Waals surface area contributed by atoms with Crippen LogP contribution in [0.4, 0.5) is 0 Å². The third-order valence-electron chi connectivity index (χ3n) is 5.47. The Morgan fingerprint density at radius 3 is 2.48 bits per heavy atom. The number of tetrazole rings is 1. The fourth-order valence-corrected chi connectivity index (χ4v) is 4.02. The quantitative estimate of drug-likeness (QED) is 0.443. The smallest absolute Gasteiger partial charge is 0.335 e. The van der Waals surface area contributed by atoms with E-state index in [2.05, 4.69) is 26.0 Å². The van der Waals surface area contributed by atoms with Gasteiger partial charge in [-0.2, -0.15) is 5.21 Å². The van der Waals surface area contributed by atoms with Gasteiger partial charge in [-0.25, -0.2) is 9.80 Å². The number of hydrogen-bond acceptors (Lipinski definition) is 8. The lowest BCUT2D eigenvalue weighted by Crippen LogP contribution is -2.44. The van der Waals surface area contributed by atoms with Crippen LogP contribution in [0.2, 0.25) is 0 Å². The van der Waals surface area contributed by atoms with E-state index in [1.165, 1.54) is 0 Å². The Hall–Kier alpha value is -4.05. The summed E-state index contributed by atoms with van der Waals surface area (Å²) in [4.78, 5) is 23.9. The van der Waals surface area contributed by atoms with Gasteiger partial charge in [0, 0.05) is 11.3 Å². The second-order valence-electron chi connectivity index (χ2n) is 7.59. The molecular formula is C23H24N6O4. The van der Waals surface area contributed by atoms with Crippen LogP contribution >= 0.6 is 0 Å². The first-order valence-electron chi connectivity index (χ1n) is 10.5. The first-order chi connectivity index (χ1) is 16.0. The summed E-state index contributed by atoms with van der Waals surface area (Å²) in [5, 5.41) is 25.6. The minimum absolute atomic E-state index is 0.0528. The molecule has 3 N–H and O–H groups in total. The number of hydrazine groups is 1. The maximum absolute atomic E-state index is 12.0. The van der Waals surface area contributed by atoms with Crippen LogP contribution < -0.4 is 5.43 Å². The van der Waals surface area contributed by atoms with Crippen molar-refractivity contribution >= 4 is 11.9 Å². The predicted molar refractivity (Wildman–Crippen MR) is 119 cm³/mol. The fraction of sp³-hybridized carbons (Fsp3) is 0.261. The van der Waals surface area contributed by atoms with Gasteiger partial charge in [-0.05, 0) is 42.2 Å². The van der Waals surface area contributed by atoms with Crippen LogP contribution in [0.15, 0.2) is 59.8 Å². The molecule has 1 aliphatic rings. The standard InChI is InChI=1S/C23H24N6O4/c1-3-33-20(30)13-29-19(21(23(31)32)14(2)26-29)12-15-8-10-16(11-9-15)17-6-4-5-7-18(17)22-24-27-28-25-22/h4-11,19,26H,3,12-13H2,1-2H3,(H,31,32)(H,24,25,27,28). The largest absolute Gasteiger partial charge is 0.478 e. The molecule has 3 aromatic rings. The predicted octanol–water partition coefficient (Wildman–Crippen LogP) is 2.19. The number of carboxylic acid groups (broad SMARTS) is 1. The zero-order valence-corrected chi connectivity index (χ0v) is 18.3. The molecule has 1 unspecified atom stereocenters. The molecule has 2 heterocycles. The van der Waals surface area contributed by atoms with Gasteiger partial charge in [0.05, 0.1) is 18.2 Å². The second-order valence-corrected chi connectivity index (χ2v) is 7.59. The van der Waals surface area contributed by atoms with Gasteiger partial charge in [-0.1, -0.05) is 48.5 Å². The third kappa shape index (κ3) is 4.75. The van der Waals surface area contributed by atoms with Crippen molar-refractivity contribution in [1.29, 1.82) is 0 Å². The summed E-state index contributed by atoms with van der Waals surface area (Å²) < 4.78 is 5.04. The van der Waals surface area contributed by atoms with E-state index in [1.807, 2.05) is 48.5 Å². The molecule has 33 heavy (non-hydrogen) atoms. The number of aliphatic carboxylic acids is 1. The van der Waals surface area contributed by atoms with Gasteiger partial charge < -0.3 is 15.3 Å². The van der Waals surface area contributed by atoms with Crippen molar-refractivity contribution in [3.8, 4) is 22.5 Å². The van der Waals surface area contributed by atoms with Crippen molar-refractivity contribution in [2.45, 2.75) is 26.3 Å². The number of carbonyl (C=O) groups is 2. The van der Waals surface area contributed by atoms with Crippen LogP contribution in [0.5, 0.6) is 0 Å². The number of aromatic amines is 1. The highest BCUT2D eigenvalue weighted by Gasteiger charge is 2.36. The Balaban J connectivity index is 1.58. The molecule has 170 valence electrons. The number of aromatic nitrogens is 4. The van der Waals surface area contributed by atoms with Gasteiger partial charge in [0.25, 0.3) is 0 Å². The number of ether oxygens (including phenoxy) is 1. The van der Waals surface area contributed by atoms with E-state index in [0.717, 1.165) is 22.3 Å². The highest BCUT2D eigenvalue weighted by atomic mass is 16.5. The fourth-order valence-electron chi connectivity index (χ4n) is 4.02. The lowest BCUT2D eigenvalue weighted by molar-refractivity contribution is -0.145. The first-order valence-corrected chi connectivity index (χ1v) is 10.5. The SMILES string of the molecule is CCOC(=O)CN1NC(C)=C(C(=O)O)C1Cc1ccc(-c2ccccc2-c2nn[nH]n2)cc1. The molecule has 0 spiro atoms. The highest BCUT2D eigenvalue weighted by molar-refractivity contribution is 5.89. The lowest BCUT2D eigenvalue weighted by Gasteiger charge is -2.25. The molecular weight excluding hydrogens is 424 g/mol. The number of rotatable bonds is 8. The van der Waals surface area contributed by atoms with E-state index in [4.69, 9.17) is 4.74 Å². The highest BCUT2D eigenvalue weighted by Crippen LogP contribution is 2.31. The van der Waals surface area contributed by atoms with Crippen LogP contribution in [0, 0.1) is 0 Å². The summed E-state index contributed by atoms with van der Waals surface area (Å²) in [6.45, 7) is 3.64. The third-order valence-corrected chi connectivity index (χ3v) is 5.47. The molecule has 0 amide bonds.